The van der Waals surface area contributed by atoms with E-state index >= 15 is 0 Å². The summed E-state index contributed by atoms with van der Waals surface area (Å²) in [5, 5.41) is 5.50. The zero-order valence-corrected chi connectivity index (χ0v) is 15.2. The molecular formula is C18H22F6N2O. The van der Waals surface area contributed by atoms with Crippen LogP contribution in [0.4, 0.5) is 26.3 Å². The second-order valence-electron chi connectivity index (χ2n) is 7.34. The number of rotatable bonds is 6. The molecule has 0 unspecified atom stereocenters. The summed E-state index contributed by atoms with van der Waals surface area (Å²) in [5.41, 5.74) is -4.11. The van der Waals surface area contributed by atoms with Gasteiger partial charge in [0.1, 0.15) is 0 Å². The molecule has 1 saturated carbocycles. The summed E-state index contributed by atoms with van der Waals surface area (Å²) in [7, 11) is 1.58. The molecule has 0 aliphatic heterocycles. The van der Waals surface area contributed by atoms with Gasteiger partial charge in [0.15, 0.2) is 0 Å². The Labute approximate surface area is 153 Å². The molecular weight excluding hydrogens is 374 g/mol. The normalized spacial score (nSPS) is 17.7. The minimum Gasteiger partial charge on any atom is -0.345 e. The molecule has 2 N–H and O–H groups in total. The Hall–Kier alpha value is -1.77. The van der Waals surface area contributed by atoms with E-state index in [2.05, 4.69) is 10.6 Å². The van der Waals surface area contributed by atoms with Gasteiger partial charge < -0.3 is 10.6 Å². The van der Waals surface area contributed by atoms with Crippen molar-refractivity contribution in [3.8, 4) is 0 Å². The van der Waals surface area contributed by atoms with Gasteiger partial charge in [-0.25, -0.2) is 0 Å². The van der Waals surface area contributed by atoms with Crippen LogP contribution in [-0.4, -0.2) is 19.0 Å². The predicted molar refractivity (Wildman–Crippen MR) is 87.8 cm³/mol. The molecule has 3 nitrogen and oxygen atoms in total. The maximum atomic E-state index is 13.1. The van der Waals surface area contributed by atoms with Crippen molar-refractivity contribution in [1.82, 2.24) is 10.6 Å². The van der Waals surface area contributed by atoms with Crippen molar-refractivity contribution in [3.63, 3.8) is 0 Å². The van der Waals surface area contributed by atoms with Crippen molar-refractivity contribution in [3.05, 3.63) is 34.9 Å². The minimum absolute atomic E-state index is 0.0938. The van der Waals surface area contributed by atoms with Gasteiger partial charge in [0, 0.05) is 0 Å². The number of benzene rings is 1. The Morgan fingerprint density at radius 2 is 1.52 bits per heavy atom. The van der Waals surface area contributed by atoms with Crippen molar-refractivity contribution < 1.29 is 31.1 Å². The van der Waals surface area contributed by atoms with E-state index in [1.54, 1.807) is 7.05 Å². The second-order valence-corrected chi connectivity index (χ2v) is 7.34. The Morgan fingerprint density at radius 1 is 1.04 bits per heavy atom. The SMILES string of the molecule is CN[C@H](CC(C)C)C(=O)NC1(c2cc(C(F)(F)F)cc(C(F)(F)F)c2)CC1. The summed E-state index contributed by atoms with van der Waals surface area (Å²) in [4.78, 5) is 12.5. The van der Waals surface area contributed by atoms with Gasteiger partial charge in [-0.05, 0) is 56.0 Å². The van der Waals surface area contributed by atoms with Crippen molar-refractivity contribution >= 4 is 5.91 Å². The van der Waals surface area contributed by atoms with Crippen LogP contribution >= 0.6 is 0 Å². The molecule has 2 rings (SSSR count). The van der Waals surface area contributed by atoms with E-state index in [-0.39, 0.29) is 30.4 Å². The number of nitrogens with one attached hydrogen (secondary N) is 2. The summed E-state index contributed by atoms with van der Waals surface area (Å²) in [6.45, 7) is 3.82. The van der Waals surface area contributed by atoms with Crippen LogP contribution in [0.2, 0.25) is 0 Å². The average molecular weight is 396 g/mol. The quantitative estimate of drug-likeness (QED) is 0.697. The molecule has 1 aliphatic rings. The molecule has 1 amide bonds. The summed E-state index contributed by atoms with van der Waals surface area (Å²) in [5.74, 6) is -0.247. The molecule has 0 bridgehead atoms. The van der Waals surface area contributed by atoms with Crippen molar-refractivity contribution in [2.75, 3.05) is 7.05 Å². The maximum absolute atomic E-state index is 13.1. The number of hydrogen-bond donors (Lipinski definition) is 2. The van der Waals surface area contributed by atoms with Gasteiger partial charge in [0.05, 0.1) is 22.7 Å². The van der Waals surface area contributed by atoms with Gasteiger partial charge in [0.25, 0.3) is 0 Å². The standard InChI is InChI=1S/C18H22F6N2O/c1-10(2)6-14(25-3)15(27)26-16(4-5-16)11-7-12(17(19,20)21)9-13(8-11)18(22,23)24/h7-10,14,25H,4-6H2,1-3H3,(H,26,27)/t14-/m1/s1. The first-order valence-corrected chi connectivity index (χ1v) is 8.58. The van der Waals surface area contributed by atoms with Gasteiger partial charge in [0.2, 0.25) is 5.91 Å². The van der Waals surface area contributed by atoms with Gasteiger partial charge >= 0.3 is 12.4 Å². The first-order chi connectivity index (χ1) is 12.3. The largest absolute Gasteiger partial charge is 0.416 e. The monoisotopic (exact) mass is 396 g/mol. The lowest BCUT2D eigenvalue weighted by Gasteiger charge is -2.25. The Bertz CT molecular complexity index is 660. The van der Waals surface area contributed by atoms with Gasteiger partial charge in [-0.15, -0.1) is 0 Å². The van der Waals surface area contributed by atoms with E-state index in [1.165, 1.54) is 0 Å². The van der Waals surface area contributed by atoms with E-state index in [0.29, 0.717) is 18.6 Å². The molecule has 1 aromatic carbocycles. The summed E-state index contributed by atoms with van der Waals surface area (Å²) in [6.07, 6.45) is -8.76. The Morgan fingerprint density at radius 3 is 1.85 bits per heavy atom. The number of likely N-dealkylation sites (N-methyl/N-ethyl adjacent to an activating group) is 1. The molecule has 0 aromatic heterocycles. The van der Waals surface area contributed by atoms with Crippen LogP contribution in [0.25, 0.3) is 0 Å². The minimum atomic E-state index is -4.92. The number of carbonyl (C=O) groups excluding carboxylic acids is 1. The smallest absolute Gasteiger partial charge is 0.345 e. The fraction of sp³-hybridized carbons (Fsp3) is 0.611. The predicted octanol–water partition coefficient (Wildman–Crippen LogP) is 4.46. The van der Waals surface area contributed by atoms with Gasteiger partial charge in [-0.1, -0.05) is 13.8 Å². The Balaban J connectivity index is 2.37. The average Bonchev–Trinajstić information content (AvgIpc) is 3.31. The van der Waals surface area contributed by atoms with E-state index in [4.69, 9.17) is 0 Å². The lowest BCUT2D eigenvalue weighted by Crippen LogP contribution is -2.47. The van der Waals surface area contributed by atoms with E-state index < -0.39 is 41.0 Å². The molecule has 152 valence electrons. The molecule has 27 heavy (non-hydrogen) atoms. The maximum Gasteiger partial charge on any atom is 0.416 e. The lowest BCUT2D eigenvalue weighted by molar-refractivity contribution is -0.143. The van der Waals surface area contributed by atoms with Crippen LogP contribution in [0.1, 0.15) is 49.8 Å². The first kappa shape index (κ1) is 21.5. The van der Waals surface area contributed by atoms with Crippen LogP contribution in [-0.2, 0) is 22.7 Å². The Kier molecular flexibility index (Phi) is 5.85. The summed E-state index contributed by atoms with van der Waals surface area (Å²) < 4.78 is 78.4. The summed E-state index contributed by atoms with van der Waals surface area (Å²) in [6, 6.07) is 0.908. The second kappa shape index (κ2) is 7.33. The highest BCUT2D eigenvalue weighted by Crippen LogP contribution is 2.48. The van der Waals surface area contributed by atoms with Crippen LogP contribution < -0.4 is 10.6 Å². The zero-order chi connectivity index (χ0) is 20.6. The molecule has 0 radical (unpaired) electrons. The number of alkyl halides is 6. The topological polar surface area (TPSA) is 41.1 Å². The molecule has 1 fully saturated rings. The van der Waals surface area contributed by atoms with Crippen molar-refractivity contribution in [2.45, 2.75) is 57.0 Å². The summed E-state index contributed by atoms with van der Waals surface area (Å²) >= 11 is 0. The number of halogens is 6. The fourth-order valence-electron chi connectivity index (χ4n) is 2.99. The van der Waals surface area contributed by atoms with Crippen LogP contribution in [0.15, 0.2) is 18.2 Å². The van der Waals surface area contributed by atoms with E-state index in [9.17, 15) is 31.1 Å². The number of carbonyl (C=O) groups is 1. The molecule has 1 atom stereocenters. The fourth-order valence-corrected chi connectivity index (χ4v) is 2.99. The highest BCUT2D eigenvalue weighted by atomic mass is 19.4. The molecule has 1 aliphatic carbocycles. The molecule has 9 heteroatoms. The molecule has 1 aromatic rings. The van der Waals surface area contributed by atoms with Crippen LogP contribution in [0.5, 0.6) is 0 Å². The highest BCUT2D eigenvalue weighted by molar-refractivity contribution is 5.83. The highest BCUT2D eigenvalue weighted by Gasteiger charge is 2.48. The number of amides is 1. The molecule has 0 heterocycles. The van der Waals surface area contributed by atoms with Gasteiger partial charge in [-0.2, -0.15) is 26.3 Å². The first-order valence-electron chi connectivity index (χ1n) is 8.58. The van der Waals surface area contributed by atoms with E-state index in [0.717, 1.165) is 0 Å². The lowest BCUT2D eigenvalue weighted by atomic mass is 9.96. The third-order valence-electron chi connectivity index (χ3n) is 4.62. The van der Waals surface area contributed by atoms with Crippen LogP contribution in [0, 0.1) is 5.92 Å². The molecule has 0 saturated heterocycles. The molecule has 0 spiro atoms. The third kappa shape index (κ3) is 5.15. The van der Waals surface area contributed by atoms with Crippen molar-refractivity contribution in [1.29, 1.82) is 0 Å². The van der Waals surface area contributed by atoms with Crippen LogP contribution in [0.3, 0.4) is 0 Å². The van der Waals surface area contributed by atoms with E-state index in [1.807, 2.05) is 13.8 Å². The zero-order valence-electron chi connectivity index (χ0n) is 15.2. The number of hydrogen-bond acceptors (Lipinski definition) is 2. The third-order valence-corrected chi connectivity index (χ3v) is 4.62. The van der Waals surface area contributed by atoms with Crippen molar-refractivity contribution in [2.24, 2.45) is 5.92 Å². The van der Waals surface area contributed by atoms with Gasteiger partial charge in [-0.3, -0.25) is 4.79 Å².